The molecule has 0 atom stereocenters. The quantitative estimate of drug-likeness (QED) is 0.607. The molecule has 0 aliphatic rings. The number of nitrogens with one attached hydrogen (secondary N) is 1. The highest BCUT2D eigenvalue weighted by molar-refractivity contribution is 6.00. The van der Waals surface area contributed by atoms with Gasteiger partial charge in [0.1, 0.15) is 5.84 Å². The Morgan fingerprint density at radius 3 is 2.53 bits per heavy atom. The Balaban J connectivity index is 3.24. The summed E-state index contributed by atoms with van der Waals surface area (Å²) in [4.78, 5) is 2.31. The highest BCUT2D eigenvalue weighted by Crippen LogP contribution is 2.24. The molecule has 1 aromatic rings. The van der Waals surface area contributed by atoms with Crippen LogP contribution in [0.25, 0.3) is 0 Å². The van der Waals surface area contributed by atoms with Crippen LogP contribution in [0, 0.1) is 12.3 Å². The van der Waals surface area contributed by atoms with E-state index in [1.54, 1.807) is 0 Å². The SMILES string of the molecule is CCCN(c1cc(C)ccc1C(=N)N)C(C)C. The third-order valence-electron chi connectivity index (χ3n) is 2.84. The summed E-state index contributed by atoms with van der Waals surface area (Å²) in [5.74, 6) is 0.141. The molecule has 0 bridgehead atoms. The average molecular weight is 233 g/mol. The first-order chi connectivity index (χ1) is 7.97. The lowest BCUT2D eigenvalue weighted by Crippen LogP contribution is -2.33. The van der Waals surface area contributed by atoms with Gasteiger partial charge < -0.3 is 10.6 Å². The Bertz CT molecular complexity index is 396. The van der Waals surface area contributed by atoms with Crippen LogP contribution in [0.3, 0.4) is 0 Å². The summed E-state index contributed by atoms with van der Waals surface area (Å²) in [5, 5.41) is 7.66. The van der Waals surface area contributed by atoms with Gasteiger partial charge in [-0.15, -0.1) is 0 Å². The molecule has 1 rings (SSSR count). The minimum Gasteiger partial charge on any atom is -0.384 e. The van der Waals surface area contributed by atoms with Crippen molar-refractivity contribution < 1.29 is 0 Å². The van der Waals surface area contributed by atoms with Crippen LogP contribution in [0.15, 0.2) is 18.2 Å². The first-order valence-electron chi connectivity index (χ1n) is 6.19. The van der Waals surface area contributed by atoms with Crippen molar-refractivity contribution in [2.45, 2.75) is 40.2 Å². The van der Waals surface area contributed by atoms with Crippen LogP contribution in [-0.4, -0.2) is 18.4 Å². The van der Waals surface area contributed by atoms with E-state index in [1.165, 1.54) is 5.56 Å². The van der Waals surface area contributed by atoms with Crippen LogP contribution < -0.4 is 10.6 Å². The van der Waals surface area contributed by atoms with Gasteiger partial charge in [-0.1, -0.05) is 13.0 Å². The first-order valence-corrected chi connectivity index (χ1v) is 6.19. The van der Waals surface area contributed by atoms with E-state index >= 15 is 0 Å². The zero-order valence-corrected chi connectivity index (χ0v) is 11.2. The number of anilines is 1. The molecule has 0 saturated heterocycles. The molecule has 94 valence electrons. The molecular weight excluding hydrogens is 210 g/mol. The van der Waals surface area contributed by atoms with Crippen molar-refractivity contribution in [2.24, 2.45) is 5.73 Å². The molecule has 0 aliphatic heterocycles. The largest absolute Gasteiger partial charge is 0.384 e. The van der Waals surface area contributed by atoms with E-state index in [-0.39, 0.29) is 5.84 Å². The highest BCUT2D eigenvalue weighted by atomic mass is 15.2. The van der Waals surface area contributed by atoms with Crippen molar-refractivity contribution in [1.29, 1.82) is 5.41 Å². The summed E-state index contributed by atoms with van der Waals surface area (Å²) in [5.41, 5.74) is 8.77. The molecule has 3 heteroatoms. The van der Waals surface area contributed by atoms with Gasteiger partial charge in [0.2, 0.25) is 0 Å². The Hall–Kier alpha value is -1.51. The van der Waals surface area contributed by atoms with Gasteiger partial charge in [-0.2, -0.15) is 0 Å². The number of nitrogens with zero attached hydrogens (tertiary/aromatic N) is 1. The van der Waals surface area contributed by atoms with Crippen LogP contribution >= 0.6 is 0 Å². The van der Waals surface area contributed by atoms with Crippen LogP contribution in [0.2, 0.25) is 0 Å². The van der Waals surface area contributed by atoms with Crippen molar-refractivity contribution >= 4 is 11.5 Å². The molecule has 1 aromatic carbocycles. The molecule has 0 unspecified atom stereocenters. The van der Waals surface area contributed by atoms with E-state index in [9.17, 15) is 0 Å². The molecule has 0 aromatic heterocycles. The van der Waals surface area contributed by atoms with Crippen LogP contribution in [0.4, 0.5) is 5.69 Å². The fourth-order valence-electron chi connectivity index (χ4n) is 2.00. The standard InChI is InChI=1S/C14H23N3/c1-5-8-17(10(2)3)13-9-11(4)6-7-12(13)14(15)16/h6-7,9-10H,5,8H2,1-4H3,(H3,15,16). The van der Waals surface area contributed by atoms with Gasteiger partial charge in [0, 0.05) is 23.8 Å². The van der Waals surface area contributed by atoms with Crippen molar-refractivity contribution in [3.63, 3.8) is 0 Å². The first kappa shape index (κ1) is 13.6. The lowest BCUT2D eigenvalue weighted by molar-refractivity contribution is 0.670. The van der Waals surface area contributed by atoms with E-state index in [0.717, 1.165) is 24.2 Å². The molecule has 0 amide bonds. The topological polar surface area (TPSA) is 53.1 Å². The number of nitrogens with two attached hydrogens (primary N) is 1. The second-order valence-electron chi connectivity index (χ2n) is 4.72. The summed E-state index contributed by atoms with van der Waals surface area (Å²) in [6, 6.07) is 6.48. The fraction of sp³-hybridized carbons (Fsp3) is 0.500. The predicted octanol–water partition coefficient (Wildman–Crippen LogP) is 2.90. The molecule has 0 radical (unpaired) electrons. The Labute approximate surface area is 104 Å². The van der Waals surface area contributed by atoms with Gasteiger partial charge in [-0.3, -0.25) is 5.41 Å². The maximum Gasteiger partial charge on any atom is 0.124 e. The third-order valence-corrected chi connectivity index (χ3v) is 2.84. The van der Waals surface area contributed by atoms with E-state index in [2.05, 4.69) is 38.7 Å². The smallest absolute Gasteiger partial charge is 0.124 e. The summed E-state index contributed by atoms with van der Waals surface area (Å²) in [6.07, 6.45) is 1.09. The highest BCUT2D eigenvalue weighted by Gasteiger charge is 2.15. The summed E-state index contributed by atoms with van der Waals surface area (Å²) in [7, 11) is 0. The van der Waals surface area contributed by atoms with Gasteiger partial charge in [-0.05, 0) is 44.9 Å². The molecule has 0 heterocycles. The Morgan fingerprint density at radius 2 is 2.06 bits per heavy atom. The zero-order valence-electron chi connectivity index (χ0n) is 11.2. The molecule has 17 heavy (non-hydrogen) atoms. The molecule has 0 spiro atoms. The summed E-state index contributed by atoms with van der Waals surface area (Å²) in [6.45, 7) is 9.56. The molecule has 3 nitrogen and oxygen atoms in total. The summed E-state index contributed by atoms with van der Waals surface area (Å²) >= 11 is 0. The van der Waals surface area contributed by atoms with E-state index in [1.807, 2.05) is 12.1 Å². The van der Waals surface area contributed by atoms with Crippen molar-refractivity contribution in [3.8, 4) is 0 Å². The second-order valence-corrected chi connectivity index (χ2v) is 4.72. The number of hydrogen-bond acceptors (Lipinski definition) is 2. The van der Waals surface area contributed by atoms with Crippen LogP contribution in [0.1, 0.15) is 38.3 Å². The van der Waals surface area contributed by atoms with Gasteiger partial charge in [0.15, 0.2) is 0 Å². The third kappa shape index (κ3) is 3.22. The van der Waals surface area contributed by atoms with Gasteiger partial charge in [0.25, 0.3) is 0 Å². The minimum atomic E-state index is 0.141. The van der Waals surface area contributed by atoms with E-state index in [0.29, 0.717) is 6.04 Å². The fourth-order valence-corrected chi connectivity index (χ4v) is 2.00. The van der Waals surface area contributed by atoms with Crippen molar-refractivity contribution in [3.05, 3.63) is 29.3 Å². The van der Waals surface area contributed by atoms with Gasteiger partial charge in [0.05, 0.1) is 0 Å². The Morgan fingerprint density at radius 1 is 1.41 bits per heavy atom. The average Bonchev–Trinajstić information content (AvgIpc) is 2.24. The number of nitrogen functional groups attached to an aromatic ring is 1. The van der Waals surface area contributed by atoms with Gasteiger partial charge in [-0.25, -0.2) is 0 Å². The number of rotatable bonds is 5. The maximum atomic E-state index is 7.66. The van der Waals surface area contributed by atoms with E-state index in [4.69, 9.17) is 11.1 Å². The minimum absolute atomic E-state index is 0.141. The number of amidine groups is 1. The maximum absolute atomic E-state index is 7.66. The summed E-state index contributed by atoms with van der Waals surface area (Å²) < 4.78 is 0. The second kappa shape index (κ2) is 5.71. The monoisotopic (exact) mass is 233 g/mol. The van der Waals surface area contributed by atoms with Gasteiger partial charge >= 0.3 is 0 Å². The lowest BCUT2D eigenvalue weighted by Gasteiger charge is -2.30. The molecule has 0 saturated carbocycles. The number of hydrogen-bond donors (Lipinski definition) is 2. The molecule has 0 fully saturated rings. The Kier molecular flexibility index (Phi) is 4.55. The van der Waals surface area contributed by atoms with Crippen LogP contribution in [-0.2, 0) is 0 Å². The molecule has 0 aliphatic carbocycles. The van der Waals surface area contributed by atoms with Crippen molar-refractivity contribution in [1.82, 2.24) is 0 Å². The predicted molar refractivity (Wildman–Crippen MR) is 75.0 cm³/mol. The van der Waals surface area contributed by atoms with E-state index < -0.39 is 0 Å². The number of aryl methyl sites for hydroxylation is 1. The van der Waals surface area contributed by atoms with Crippen molar-refractivity contribution in [2.75, 3.05) is 11.4 Å². The lowest BCUT2D eigenvalue weighted by atomic mass is 10.1. The van der Waals surface area contributed by atoms with Crippen LogP contribution in [0.5, 0.6) is 0 Å². The normalized spacial score (nSPS) is 10.6. The molecule has 3 N–H and O–H groups in total. The number of benzene rings is 1. The molecular formula is C14H23N3. The zero-order chi connectivity index (χ0) is 13.0.